The van der Waals surface area contributed by atoms with Crippen LogP contribution in [0.4, 0.5) is 0 Å². The topological polar surface area (TPSA) is 50.8 Å². The van der Waals surface area contributed by atoms with Gasteiger partial charge in [-0.3, -0.25) is 4.99 Å². The Labute approximate surface area is 115 Å². The quantitative estimate of drug-likeness (QED) is 0.664. The van der Waals surface area contributed by atoms with E-state index in [1.807, 2.05) is 6.07 Å². The molecule has 0 radical (unpaired) electrons. The highest BCUT2D eigenvalue weighted by Gasteiger charge is 2.12. The number of nitrogens with zero attached hydrogens (tertiary/aromatic N) is 2. The minimum atomic E-state index is 0.516. The van der Waals surface area contributed by atoms with Gasteiger partial charge in [0.1, 0.15) is 0 Å². The summed E-state index contributed by atoms with van der Waals surface area (Å²) in [5.41, 5.74) is 7.36. The van der Waals surface area contributed by atoms with Crippen LogP contribution in [-0.4, -0.2) is 43.7 Å². The average Bonchev–Trinajstić information content (AvgIpc) is 2.49. The van der Waals surface area contributed by atoms with E-state index in [1.54, 1.807) is 0 Å². The number of rotatable bonds is 4. The molecule has 1 saturated heterocycles. The summed E-state index contributed by atoms with van der Waals surface area (Å²) in [6.45, 7) is 6.20. The zero-order chi connectivity index (χ0) is 13.5. The summed E-state index contributed by atoms with van der Waals surface area (Å²) < 4.78 is 5.30. The lowest BCUT2D eigenvalue weighted by Gasteiger charge is -2.27. The molecule has 0 unspecified atom stereocenters. The van der Waals surface area contributed by atoms with E-state index in [-0.39, 0.29) is 0 Å². The number of aliphatic imine (C=N–C) groups is 1. The van der Waals surface area contributed by atoms with Crippen LogP contribution in [0, 0.1) is 0 Å². The fourth-order valence-corrected chi connectivity index (χ4v) is 2.21. The van der Waals surface area contributed by atoms with Gasteiger partial charge in [-0.1, -0.05) is 37.3 Å². The Kier molecular flexibility index (Phi) is 5.21. The van der Waals surface area contributed by atoms with Gasteiger partial charge >= 0.3 is 0 Å². The second kappa shape index (κ2) is 7.14. The Balaban J connectivity index is 1.78. The molecule has 1 aliphatic heterocycles. The fourth-order valence-electron chi connectivity index (χ4n) is 2.21. The molecule has 1 atom stereocenters. The van der Waals surface area contributed by atoms with Gasteiger partial charge in [-0.25, -0.2) is 0 Å². The average molecular weight is 261 g/mol. The number of morpholine rings is 1. The van der Waals surface area contributed by atoms with Crippen LogP contribution in [0.3, 0.4) is 0 Å². The zero-order valence-electron chi connectivity index (χ0n) is 11.6. The summed E-state index contributed by atoms with van der Waals surface area (Å²) in [5.74, 6) is 1.17. The van der Waals surface area contributed by atoms with Gasteiger partial charge in [-0.2, -0.15) is 0 Å². The molecule has 0 bridgehead atoms. The third kappa shape index (κ3) is 4.24. The first-order valence-corrected chi connectivity index (χ1v) is 6.95. The highest BCUT2D eigenvalue weighted by molar-refractivity contribution is 5.78. The Hall–Kier alpha value is -1.55. The summed E-state index contributed by atoms with van der Waals surface area (Å²) >= 11 is 0. The van der Waals surface area contributed by atoms with Gasteiger partial charge < -0.3 is 15.4 Å². The van der Waals surface area contributed by atoms with E-state index >= 15 is 0 Å². The maximum atomic E-state index is 5.99. The predicted octanol–water partition coefficient (Wildman–Crippen LogP) is 1.83. The molecule has 0 spiro atoms. The normalized spacial score (nSPS) is 18.4. The summed E-state index contributed by atoms with van der Waals surface area (Å²) in [7, 11) is 0. The summed E-state index contributed by atoms with van der Waals surface area (Å²) in [5, 5.41) is 0. The maximum Gasteiger partial charge on any atom is 0.191 e. The largest absolute Gasteiger partial charge is 0.378 e. The molecule has 1 fully saturated rings. The molecular formula is C15H23N3O. The lowest BCUT2D eigenvalue weighted by atomic mass is 9.98. The van der Waals surface area contributed by atoms with Crippen molar-refractivity contribution in [1.29, 1.82) is 0 Å². The van der Waals surface area contributed by atoms with Crippen LogP contribution in [0.25, 0.3) is 0 Å². The van der Waals surface area contributed by atoms with Crippen molar-refractivity contribution in [1.82, 2.24) is 4.90 Å². The molecule has 0 saturated carbocycles. The second-order valence-electron chi connectivity index (χ2n) is 4.94. The van der Waals surface area contributed by atoms with E-state index in [4.69, 9.17) is 10.5 Å². The first kappa shape index (κ1) is 13.9. The standard InChI is InChI=1S/C15H23N3O/c1-13(14-5-3-2-4-6-14)7-8-17-15(16)18-9-11-19-12-10-18/h2-6,13H,7-12H2,1H3,(H2,16,17)/t13-/m0/s1. The van der Waals surface area contributed by atoms with Crippen LogP contribution in [0.1, 0.15) is 24.8 Å². The Bertz CT molecular complexity index is 399. The van der Waals surface area contributed by atoms with Crippen molar-refractivity contribution in [2.75, 3.05) is 32.8 Å². The maximum absolute atomic E-state index is 5.99. The molecular weight excluding hydrogens is 238 g/mol. The highest BCUT2D eigenvalue weighted by Crippen LogP contribution is 2.18. The Morgan fingerprint density at radius 1 is 1.32 bits per heavy atom. The minimum Gasteiger partial charge on any atom is -0.378 e. The van der Waals surface area contributed by atoms with Crippen LogP contribution in [-0.2, 0) is 4.74 Å². The predicted molar refractivity (Wildman–Crippen MR) is 78.4 cm³/mol. The molecule has 1 heterocycles. The molecule has 1 aromatic rings. The van der Waals surface area contributed by atoms with Crippen molar-refractivity contribution >= 4 is 5.96 Å². The second-order valence-corrected chi connectivity index (χ2v) is 4.94. The van der Waals surface area contributed by atoms with Crippen LogP contribution in [0.2, 0.25) is 0 Å². The molecule has 4 heteroatoms. The number of hydrogen-bond acceptors (Lipinski definition) is 2. The first-order chi connectivity index (χ1) is 9.27. The Morgan fingerprint density at radius 3 is 2.68 bits per heavy atom. The van der Waals surface area contributed by atoms with E-state index in [2.05, 4.69) is 41.1 Å². The van der Waals surface area contributed by atoms with Crippen molar-refractivity contribution in [2.45, 2.75) is 19.3 Å². The molecule has 0 aromatic heterocycles. The molecule has 0 aliphatic carbocycles. The summed E-state index contributed by atoms with van der Waals surface area (Å²) in [6, 6.07) is 10.5. The number of benzene rings is 1. The lowest BCUT2D eigenvalue weighted by molar-refractivity contribution is 0.0674. The molecule has 104 valence electrons. The smallest absolute Gasteiger partial charge is 0.191 e. The van der Waals surface area contributed by atoms with E-state index in [1.165, 1.54) is 5.56 Å². The van der Waals surface area contributed by atoms with Crippen LogP contribution >= 0.6 is 0 Å². The lowest BCUT2D eigenvalue weighted by Crippen LogP contribution is -2.44. The Morgan fingerprint density at radius 2 is 2.00 bits per heavy atom. The molecule has 2 rings (SSSR count). The van der Waals surface area contributed by atoms with Gasteiger partial charge in [0.05, 0.1) is 13.2 Å². The molecule has 19 heavy (non-hydrogen) atoms. The summed E-state index contributed by atoms with van der Waals surface area (Å²) in [6.07, 6.45) is 1.02. The van der Waals surface area contributed by atoms with Crippen molar-refractivity contribution in [3.63, 3.8) is 0 Å². The first-order valence-electron chi connectivity index (χ1n) is 6.95. The molecule has 0 amide bonds. The van der Waals surface area contributed by atoms with Crippen molar-refractivity contribution in [3.05, 3.63) is 35.9 Å². The van der Waals surface area contributed by atoms with Crippen molar-refractivity contribution < 1.29 is 4.74 Å². The van der Waals surface area contributed by atoms with E-state index in [0.29, 0.717) is 11.9 Å². The van der Waals surface area contributed by atoms with E-state index in [9.17, 15) is 0 Å². The fraction of sp³-hybridized carbons (Fsp3) is 0.533. The van der Waals surface area contributed by atoms with E-state index in [0.717, 1.165) is 39.3 Å². The molecule has 1 aromatic carbocycles. The number of nitrogens with two attached hydrogens (primary N) is 1. The molecule has 1 aliphatic rings. The summed E-state index contributed by atoms with van der Waals surface area (Å²) in [4.78, 5) is 6.57. The van der Waals surface area contributed by atoms with Gasteiger partial charge in [0.15, 0.2) is 5.96 Å². The van der Waals surface area contributed by atoms with Gasteiger partial charge in [0.2, 0.25) is 0 Å². The third-order valence-electron chi connectivity index (χ3n) is 3.54. The van der Waals surface area contributed by atoms with Gasteiger partial charge in [0, 0.05) is 19.6 Å². The number of ether oxygens (including phenoxy) is 1. The zero-order valence-corrected chi connectivity index (χ0v) is 11.6. The van der Waals surface area contributed by atoms with Gasteiger partial charge in [-0.15, -0.1) is 0 Å². The van der Waals surface area contributed by atoms with Crippen molar-refractivity contribution in [2.24, 2.45) is 10.7 Å². The minimum absolute atomic E-state index is 0.516. The van der Waals surface area contributed by atoms with Gasteiger partial charge in [0.25, 0.3) is 0 Å². The monoisotopic (exact) mass is 261 g/mol. The van der Waals surface area contributed by atoms with Crippen molar-refractivity contribution in [3.8, 4) is 0 Å². The molecule has 2 N–H and O–H groups in total. The highest BCUT2D eigenvalue weighted by atomic mass is 16.5. The number of hydrogen-bond donors (Lipinski definition) is 1. The van der Waals surface area contributed by atoms with Crippen LogP contribution < -0.4 is 5.73 Å². The van der Waals surface area contributed by atoms with Crippen LogP contribution in [0.5, 0.6) is 0 Å². The molecule has 4 nitrogen and oxygen atoms in total. The number of guanidine groups is 1. The third-order valence-corrected chi connectivity index (χ3v) is 3.54. The van der Waals surface area contributed by atoms with E-state index < -0.39 is 0 Å². The van der Waals surface area contributed by atoms with Crippen LogP contribution in [0.15, 0.2) is 35.3 Å². The SMILES string of the molecule is C[C@@H](CCN=C(N)N1CCOCC1)c1ccccc1. The van der Waals surface area contributed by atoms with Gasteiger partial charge in [-0.05, 0) is 17.9 Å².